The zero-order valence-electron chi connectivity index (χ0n) is 16.7. The van der Waals surface area contributed by atoms with Crippen molar-refractivity contribution in [3.8, 4) is 22.3 Å². The van der Waals surface area contributed by atoms with E-state index in [1.165, 1.54) is 0 Å². The second-order valence-corrected chi connectivity index (χ2v) is 8.94. The summed E-state index contributed by atoms with van der Waals surface area (Å²) in [6.45, 7) is 0. The number of halogens is 1. The molecule has 1 aliphatic rings. The second-order valence-electron chi connectivity index (χ2n) is 8.02. The van der Waals surface area contributed by atoms with Gasteiger partial charge in [0.05, 0.1) is 0 Å². The Morgan fingerprint density at radius 1 is 0.548 bits per heavy atom. The van der Waals surface area contributed by atoms with Crippen molar-refractivity contribution in [2.24, 2.45) is 0 Å². The third-order valence-corrected chi connectivity index (χ3v) is 6.85. The monoisotopic (exact) mass is 462 g/mol. The molecule has 148 valence electrons. The highest BCUT2D eigenvalue weighted by atomic mass is 79.9. The van der Waals surface area contributed by atoms with E-state index >= 15 is 0 Å². The quantitative estimate of drug-likeness (QED) is 0.287. The number of fused-ring (bicyclic) bond motifs is 2. The van der Waals surface area contributed by atoms with Gasteiger partial charge < -0.3 is 5.11 Å². The lowest BCUT2D eigenvalue weighted by molar-refractivity contribution is 0.127. The summed E-state index contributed by atoms with van der Waals surface area (Å²) in [6.07, 6.45) is 0. The maximum atomic E-state index is 12.7. The Labute approximate surface area is 189 Å². The summed E-state index contributed by atoms with van der Waals surface area (Å²) in [6, 6.07) is 37.3. The molecule has 0 aliphatic heterocycles. The zero-order valence-corrected chi connectivity index (χ0v) is 18.3. The first kappa shape index (κ1) is 18.6. The van der Waals surface area contributed by atoms with Crippen LogP contribution in [0.3, 0.4) is 0 Å². The van der Waals surface area contributed by atoms with Crippen molar-refractivity contribution in [3.05, 3.63) is 130 Å². The van der Waals surface area contributed by atoms with Gasteiger partial charge in [0.1, 0.15) is 5.60 Å². The molecule has 0 saturated heterocycles. The van der Waals surface area contributed by atoms with E-state index < -0.39 is 5.60 Å². The molecule has 5 aromatic carbocycles. The van der Waals surface area contributed by atoms with Crippen LogP contribution in [-0.2, 0) is 5.60 Å². The fourth-order valence-corrected chi connectivity index (χ4v) is 5.39. The van der Waals surface area contributed by atoms with Crippen LogP contribution in [0.1, 0.15) is 16.7 Å². The first-order valence-electron chi connectivity index (χ1n) is 10.4. The molecular formula is C29H19BrO. The number of hydrogen-bond donors (Lipinski definition) is 1. The topological polar surface area (TPSA) is 20.2 Å². The van der Waals surface area contributed by atoms with Crippen LogP contribution in [0.2, 0.25) is 0 Å². The molecule has 0 aromatic heterocycles. The summed E-state index contributed by atoms with van der Waals surface area (Å²) in [5.74, 6) is 0. The molecule has 0 spiro atoms. The third-order valence-electron chi connectivity index (χ3n) is 6.36. The third kappa shape index (κ3) is 2.65. The average Bonchev–Trinajstić information content (AvgIpc) is 2.83. The highest BCUT2D eigenvalue weighted by Gasteiger charge is 2.42. The maximum absolute atomic E-state index is 12.7. The van der Waals surface area contributed by atoms with Crippen molar-refractivity contribution in [1.29, 1.82) is 0 Å². The van der Waals surface area contributed by atoms with Gasteiger partial charge >= 0.3 is 0 Å². The van der Waals surface area contributed by atoms with Crippen molar-refractivity contribution in [3.63, 3.8) is 0 Å². The molecule has 1 aliphatic carbocycles. The zero-order chi connectivity index (χ0) is 21.0. The number of benzene rings is 5. The SMILES string of the molecule is OC1(c2ccccc2-c2ccccc2)c2ccc(Br)cc2-c2cccc3cccc1c23. The molecule has 0 radical (unpaired) electrons. The summed E-state index contributed by atoms with van der Waals surface area (Å²) in [4.78, 5) is 0. The Hall–Kier alpha value is -3.20. The van der Waals surface area contributed by atoms with Crippen molar-refractivity contribution in [2.45, 2.75) is 5.60 Å². The van der Waals surface area contributed by atoms with Gasteiger partial charge in [-0.05, 0) is 45.2 Å². The van der Waals surface area contributed by atoms with Crippen LogP contribution in [-0.4, -0.2) is 5.11 Å². The summed E-state index contributed by atoms with van der Waals surface area (Å²) in [7, 11) is 0. The van der Waals surface area contributed by atoms with Gasteiger partial charge in [0.2, 0.25) is 0 Å². The van der Waals surface area contributed by atoms with Crippen LogP contribution in [0.25, 0.3) is 33.0 Å². The van der Waals surface area contributed by atoms with E-state index in [1.807, 2.05) is 42.5 Å². The van der Waals surface area contributed by atoms with Crippen LogP contribution in [0.5, 0.6) is 0 Å². The summed E-state index contributed by atoms with van der Waals surface area (Å²) in [5.41, 5.74) is 5.81. The minimum absolute atomic E-state index is 0.895. The summed E-state index contributed by atoms with van der Waals surface area (Å²) >= 11 is 3.64. The Balaban J connectivity index is 1.78. The van der Waals surface area contributed by atoms with E-state index in [1.54, 1.807) is 0 Å². The highest BCUT2D eigenvalue weighted by molar-refractivity contribution is 9.10. The van der Waals surface area contributed by atoms with Crippen LogP contribution < -0.4 is 0 Å². The highest BCUT2D eigenvalue weighted by Crippen LogP contribution is 2.52. The lowest BCUT2D eigenvalue weighted by Gasteiger charge is -2.38. The van der Waals surface area contributed by atoms with E-state index in [4.69, 9.17) is 0 Å². The van der Waals surface area contributed by atoms with E-state index in [-0.39, 0.29) is 0 Å². The van der Waals surface area contributed by atoms with Gasteiger partial charge in [-0.1, -0.05) is 113 Å². The first-order chi connectivity index (χ1) is 15.2. The Bertz CT molecular complexity index is 1450. The second kappa shape index (κ2) is 6.91. The Kier molecular flexibility index (Phi) is 4.14. The molecular weight excluding hydrogens is 444 g/mol. The van der Waals surface area contributed by atoms with E-state index in [2.05, 4.69) is 82.7 Å². The fourth-order valence-electron chi connectivity index (χ4n) is 5.03. The van der Waals surface area contributed by atoms with Crippen LogP contribution in [0, 0.1) is 0 Å². The largest absolute Gasteiger partial charge is 0.376 e. The Morgan fingerprint density at radius 2 is 1.19 bits per heavy atom. The molecule has 31 heavy (non-hydrogen) atoms. The summed E-state index contributed by atoms with van der Waals surface area (Å²) < 4.78 is 1.00. The van der Waals surface area contributed by atoms with Crippen LogP contribution in [0.15, 0.2) is 114 Å². The Morgan fingerprint density at radius 3 is 2.03 bits per heavy atom. The normalized spacial score (nSPS) is 16.8. The number of hydrogen-bond acceptors (Lipinski definition) is 1. The predicted molar refractivity (Wildman–Crippen MR) is 131 cm³/mol. The smallest absolute Gasteiger partial charge is 0.142 e. The molecule has 6 rings (SSSR count). The predicted octanol–water partition coefficient (Wildman–Crippen LogP) is 7.53. The van der Waals surface area contributed by atoms with E-state index in [9.17, 15) is 5.11 Å². The molecule has 0 amide bonds. The number of rotatable bonds is 2. The molecule has 0 heterocycles. The van der Waals surface area contributed by atoms with Gasteiger partial charge in [-0.15, -0.1) is 0 Å². The standard InChI is InChI=1S/C29H19BrO/c30-21-16-17-26-24(18-21)23-13-6-10-20-11-7-15-27(28(20)23)29(26,31)25-14-5-4-12-22(25)19-8-2-1-3-9-19/h1-18,31H. The van der Waals surface area contributed by atoms with Gasteiger partial charge in [-0.3, -0.25) is 0 Å². The van der Waals surface area contributed by atoms with E-state index in [0.29, 0.717) is 0 Å². The molecule has 5 aromatic rings. The lowest BCUT2D eigenvalue weighted by Crippen LogP contribution is -2.32. The van der Waals surface area contributed by atoms with E-state index in [0.717, 1.165) is 54.2 Å². The maximum Gasteiger partial charge on any atom is 0.142 e. The minimum atomic E-state index is -1.27. The molecule has 1 nitrogen and oxygen atoms in total. The van der Waals surface area contributed by atoms with Crippen LogP contribution >= 0.6 is 15.9 Å². The van der Waals surface area contributed by atoms with Crippen molar-refractivity contribution in [1.82, 2.24) is 0 Å². The van der Waals surface area contributed by atoms with Gasteiger partial charge in [0.15, 0.2) is 0 Å². The molecule has 1 atom stereocenters. The average molecular weight is 463 g/mol. The first-order valence-corrected chi connectivity index (χ1v) is 11.2. The minimum Gasteiger partial charge on any atom is -0.376 e. The van der Waals surface area contributed by atoms with Gasteiger partial charge in [0.25, 0.3) is 0 Å². The van der Waals surface area contributed by atoms with Crippen molar-refractivity contribution >= 4 is 26.7 Å². The van der Waals surface area contributed by atoms with Gasteiger partial charge in [0, 0.05) is 21.2 Å². The molecule has 0 fully saturated rings. The van der Waals surface area contributed by atoms with Crippen molar-refractivity contribution < 1.29 is 5.11 Å². The molecule has 2 heteroatoms. The fraction of sp³-hybridized carbons (Fsp3) is 0.0345. The number of aliphatic hydroxyl groups is 1. The molecule has 1 N–H and O–H groups in total. The van der Waals surface area contributed by atoms with Crippen LogP contribution in [0.4, 0.5) is 0 Å². The lowest BCUT2D eigenvalue weighted by atomic mass is 9.69. The molecule has 0 saturated carbocycles. The summed E-state index contributed by atoms with van der Waals surface area (Å²) in [5, 5.41) is 14.9. The van der Waals surface area contributed by atoms with Crippen molar-refractivity contribution in [2.75, 3.05) is 0 Å². The molecule has 0 bridgehead atoms. The van der Waals surface area contributed by atoms with Gasteiger partial charge in [-0.25, -0.2) is 0 Å². The van der Waals surface area contributed by atoms with Gasteiger partial charge in [-0.2, -0.15) is 0 Å². The molecule has 1 unspecified atom stereocenters.